The summed E-state index contributed by atoms with van der Waals surface area (Å²) >= 11 is 3.43. The number of H-pyrrole nitrogens is 1. The highest BCUT2D eigenvalue weighted by molar-refractivity contribution is 9.10. The van der Waals surface area contributed by atoms with Crippen LogP contribution in [-0.2, 0) is 0 Å². The Balaban J connectivity index is 1.92. The number of nitrogen functional groups attached to an aromatic ring is 1. The first-order valence-corrected chi connectivity index (χ1v) is 6.71. The van der Waals surface area contributed by atoms with Gasteiger partial charge in [-0.25, -0.2) is 0 Å². The van der Waals surface area contributed by atoms with Crippen LogP contribution in [0.2, 0.25) is 0 Å². The number of anilines is 1. The zero-order valence-electron chi connectivity index (χ0n) is 10.7. The third-order valence-electron chi connectivity index (χ3n) is 2.83. The molecule has 0 aliphatic rings. The van der Waals surface area contributed by atoms with E-state index in [1.807, 2.05) is 30.3 Å². The zero-order chi connectivity index (χ0) is 14.1. The Bertz CT molecular complexity index is 770. The van der Waals surface area contributed by atoms with E-state index in [0.29, 0.717) is 17.4 Å². The second-order valence-corrected chi connectivity index (χ2v) is 5.07. The first-order chi connectivity index (χ1) is 9.65. The van der Waals surface area contributed by atoms with Gasteiger partial charge in [0, 0.05) is 5.69 Å². The van der Waals surface area contributed by atoms with Crippen LogP contribution in [-0.4, -0.2) is 17.1 Å². The molecule has 0 unspecified atom stereocenters. The molecule has 0 amide bonds. The van der Waals surface area contributed by atoms with Gasteiger partial charge >= 0.3 is 0 Å². The van der Waals surface area contributed by atoms with E-state index in [2.05, 4.69) is 25.9 Å². The molecule has 1 heterocycles. The molecule has 0 spiro atoms. The molecule has 5 nitrogen and oxygen atoms in total. The second-order valence-electron chi connectivity index (χ2n) is 4.22. The van der Waals surface area contributed by atoms with Crippen LogP contribution in [0.3, 0.4) is 0 Å². The van der Waals surface area contributed by atoms with Gasteiger partial charge < -0.3 is 20.2 Å². The number of aromatic nitrogens is 2. The molecule has 6 heteroatoms. The Morgan fingerprint density at radius 1 is 1.20 bits per heavy atom. The highest BCUT2D eigenvalue weighted by Gasteiger charge is 2.08. The average molecular weight is 334 g/mol. The molecule has 0 aliphatic heterocycles. The van der Waals surface area contributed by atoms with Crippen molar-refractivity contribution in [2.24, 2.45) is 0 Å². The fourth-order valence-corrected chi connectivity index (χ4v) is 2.29. The molecule has 0 aliphatic carbocycles. The van der Waals surface area contributed by atoms with Gasteiger partial charge in [0.1, 0.15) is 11.5 Å². The van der Waals surface area contributed by atoms with Gasteiger partial charge in [-0.15, -0.1) is 0 Å². The van der Waals surface area contributed by atoms with E-state index in [0.717, 1.165) is 21.3 Å². The molecule has 0 radical (unpaired) electrons. The van der Waals surface area contributed by atoms with Crippen LogP contribution in [0.15, 0.2) is 40.9 Å². The average Bonchev–Trinajstić information content (AvgIpc) is 2.82. The maximum absolute atomic E-state index is 5.73. The van der Waals surface area contributed by atoms with Crippen LogP contribution < -0.4 is 15.2 Å². The fraction of sp³-hybridized carbons (Fsp3) is 0.0714. The van der Waals surface area contributed by atoms with Crippen LogP contribution >= 0.6 is 15.9 Å². The standard InChI is InChI=1S/C14H12BrN3O2/c1-19-9-3-5-13(10(15)7-9)20-14-17-11-4-2-8(16)6-12(11)18-14/h2-7H,16H2,1H3,(H,17,18). The van der Waals surface area contributed by atoms with Gasteiger partial charge in [-0.3, -0.25) is 0 Å². The minimum Gasteiger partial charge on any atom is -0.497 e. The number of imidazole rings is 1. The van der Waals surface area contributed by atoms with Crippen molar-refractivity contribution in [2.45, 2.75) is 0 Å². The van der Waals surface area contributed by atoms with Gasteiger partial charge in [-0.1, -0.05) is 0 Å². The lowest BCUT2D eigenvalue weighted by Crippen LogP contribution is -1.89. The topological polar surface area (TPSA) is 73.2 Å². The number of halogens is 1. The van der Waals surface area contributed by atoms with Gasteiger partial charge in [0.15, 0.2) is 0 Å². The predicted molar refractivity (Wildman–Crippen MR) is 81.3 cm³/mol. The third-order valence-corrected chi connectivity index (χ3v) is 3.45. The van der Waals surface area contributed by atoms with Crippen molar-refractivity contribution < 1.29 is 9.47 Å². The number of benzene rings is 2. The summed E-state index contributed by atoms with van der Waals surface area (Å²) in [6, 6.07) is 11.3. The number of hydrogen-bond acceptors (Lipinski definition) is 4. The van der Waals surface area contributed by atoms with E-state index >= 15 is 0 Å². The zero-order valence-corrected chi connectivity index (χ0v) is 12.3. The molecular formula is C14H12BrN3O2. The third kappa shape index (κ3) is 2.42. The highest BCUT2D eigenvalue weighted by Crippen LogP contribution is 2.32. The van der Waals surface area contributed by atoms with Crippen molar-refractivity contribution in [1.29, 1.82) is 0 Å². The first-order valence-electron chi connectivity index (χ1n) is 5.92. The Hall–Kier alpha value is -2.21. The monoisotopic (exact) mass is 333 g/mol. The number of nitrogens with zero attached hydrogens (tertiary/aromatic N) is 1. The van der Waals surface area contributed by atoms with Crippen molar-refractivity contribution in [2.75, 3.05) is 12.8 Å². The van der Waals surface area contributed by atoms with Crippen molar-refractivity contribution in [3.63, 3.8) is 0 Å². The number of rotatable bonds is 3. The largest absolute Gasteiger partial charge is 0.497 e. The van der Waals surface area contributed by atoms with E-state index in [-0.39, 0.29) is 0 Å². The molecule has 3 aromatic rings. The van der Waals surface area contributed by atoms with Crippen LogP contribution in [0.1, 0.15) is 0 Å². The van der Waals surface area contributed by atoms with E-state index in [1.165, 1.54) is 0 Å². The number of fused-ring (bicyclic) bond motifs is 1. The summed E-state index contributed by atoms with van der Waals surface area (Å²) in [7, 11) is 1.62. The molecule has 3 rings (SSSR count). The van der Waals surface area contributed by atoms with Gasteiger partial charge in [-0.05, 0) is 52.3 Å². The van der Waals surface area contributed by atoms with E-state index < -0.39 is 0 Å². The molecule has 102 valence electrons. The summed E-state index contributed by atoms with van der Waals surface area (Å²) in [4.78, 5) is 7.42. The summed E-state index contributed by atoms with van der Waals surface area (Å²) in [6.45, 7) is 0. The summed E-state index contributed by atoms with van der Waals surface area (Å²) in [5.74, 6) is 1.40. The Morgan fingerprint density at radius 3 is 2.80 bits per heavy atom. The molecular weight excluding hydrogens is 322 g/mol. The quantitative estimate of drug-likeness (QED) is 0.716. The number of aromatic amines is 1. The van der Waals surface area contributed by atoms with E-state index in [4.69, 9.17) is 15.2 Å². The van der Waals surface area contributed by atoms with Gasteiger partial charge in [0.25, 0.3) is 6.01 Å². The normalized spacial score (nSPS) is 10.7. The van der Waals surface area contributed by atoms with Crippen molar-refractivity contribution in [3.05, 3.63) is 40.9 Å². The summed E-state index contributed by atoms with van der Waals surface area (Å²) in [5, 5.41) is 0. The lowest BCUT2D eigenvalue weighted by molar-refractivity contribution is 0.410. The van der Waals surface area contributed by atoms with Crippen LogP contribution in [0, 0.1) is 0 Å². The van der Waals surface area contributed by atoms with Crippen molar-refractivity contribution >= 4 is 32.7 Å². The SMILES string of the molecule is COc1ccc(Oc2nc3ccc(N)cc3[nH]2)c(Br)c1. The highest BCUT2D eigenvalue weighted by atomic mass is 79.9. The smallest absolute Gasteiger partial charge is 0.300 e. The molecule has 0 atom stereocenters. The minimum atomic E-state index is 0.413. The molecule has 2 aromatic carbocycles. The first kappa shape index (κ1) is 12.8. The number of nitrogens with two attached hydrogens (primary N) is 1. The number of methoxy groups -OCH3 is 1. The molecule has 0 bridgehead atoms. The van der Waals surface area contributed by atoms with Crippen LogP contribution in [0.5, 0.6) is 17.5 Å². The lowest BCUT2D eigenvalue weighted by atomic mass is 10.3. The van der Waals surface area contributed by atoms with Crippen LogP contribution in [0.4, 0.5) is 5.69 Å². The lowest BCUT2D eigenvalue weighted by Gasteiger charge is -2.06. The summed E-state index contributed by atoms with van der Waals surface area (Å²) in [6.07, 6.45) is 0. The van der Waals surface area contributed by atoms with Gasteiger partial charge in [0.05, 0.1) is 22.6 Å². The van der Waals surface area contributed by atoms with Crippen molar-refractivity contribution in [3.8, 4) is 17.5 Å². The van der Waals surface area contributed by atoms with Gasteiger partial charge in [-0.2, -0.15) is 4.98 Å². The maximum atomic E-state index is 5.73. The fourth-order valence-electron chi connectivity index (χ4n) is 1.85. The summed E-state index contributed by atoms with van der Waals surface area (Å²) < 4.78 is 11.7. The Kier molecular flexibility index (Phi) is 3.23. The number of ether oxygens (including phenoxy) is 2. The Labute approximate surface area is 123 Å². The Morgan fingerprint density at radius 2 is 2.05 bits per heavy atom. The summed E-state index contributed by atoms with van der Waals surface area (Å²) in [5.41, 5.74) is 8.05. The molecule has 0 saturated carbocycles. The minimum absolute atomic E-state index is 0.413. The van der Waals surface area contributed by atoms with E-state index in [1.54, 1.807) is 13.2 Å². The van der Waals surface area contributed by atoms with E-state index in [9.17, 15) is 0 Å². The van der Waals surface area contributed by atoms with Crippen LogP contribution in [0.25, 0.3) is 11.0 Å². The molecule has 20 heavy (non-hydrogen) atoms. The predicted octanol–water partition coefficient (Wildman–Crippen LogP) is 3.71. The van der Waals surface area contributed by atoms with Crippen molar-refractivity contribution in [1.82, 2.24) is 9.97 Å². The molecule has 0 fully saturated rings. The molecule has 1 aromatic heterocycles. The molecule has 0 saturated heterocycles. The molecule has 3 N–H and O–H groups in total. The second kappa shape index (κ2) is 5.05. The van der Waals surface area contributed by atoms with Gasteiger partial charge in [0.2, 0.25) is 0 Å². The number of hydrogen-bond donors (Lipinski definition) is 2. The maximum Gasteiger partial charge on any atom is 0.300 e. The number of nitrogens with one attached hydrogen (secondary N) is 1.